The molecule has 0 bridgehead atoms. The lowest BCUT2D eigenvalue weighted by Crippen LogP contribution is -2.82. The molecule has 0 N–H and O–H groups in total. The van der Waals surface area contributed by atoms with Gasteiger partial charge in [0, 0.05) is 5.57 Å². The Morgan fingerprint density at radius 1 is 0.247 bits per heavy atom. The second-order valence-corrected chi connectivity index (χ2v) is 13.7. The summed E-state index contributed by atoms with van der Waals surface area (Å²) >= 11 is 0. The number of rotatable bonds is 20. The number of hydrogen-bond donors (Lipinski definition) is 0. The third-order valence-corrected chi connectivity index (χ3v) is 8.87. The molecule has 1 atom stereocenters. The summed E-state index contributed by atoms with van der Waals surface area (Å²) in [7, 11) is 0. The van der Waals surface area contributed by atoms with Crippen LogP contribution in [0.25, 0.3) is 0 Å². The van der Waals surface area contributed by atoms with Crippen LogP contribution in [0.15, 0.2) is 12.2 Å². The van der Waals surface area contributed by atoms with Crippen molar-refractivity contribution in [1.82, 2.24) is 0 Å². The highest BCUT2D eigenvalue weighted by atomic mass is 19.5. The van der Waals surface area contributed by atoms with E-state index in [9.17, 15) is 198 Å². The highest BCUT2D eigenvalue weighted by Crippen LogP contribution is 2.72. The average Bonchev–Trinajstić information content (AvgIpc) is 3.14. The molecular formula is C26H5F45O2. The minimum atomic E-state index is -10.8. The van der Waals surface area contributed by atoms with Gasteiger partial charge in [0.2, 0.25) is 0 Å². The molecule has 0 aromatic rings. The number of ether oxygens (including phenoxy) is 1. The molecule has 0 aliphatic rings. The van der Waals surface area contributed by atoms with Crippen molar-refractivity contribution in [3.8, 4) is 0 Å². The first-order valence-electron chi connectivity index (χ1n) is 15.5. The lowest BCUT2D eigenvalue weighted by atomic mass is 9.80. The predicted octanol–water partition coefficient (Wildman–Crippen LogP) is 15.0. The van der Waals surface area contributed by atoms with Gasteiger partial charge in [-0.1, -0.05) is 6.58 Å². The first-order valence-corrected chi connectivity index (χ1v) is 15.5. The molecule has 0 amide bonds. The minimum Gasteiger partial charge on any atom is -0.413 e. The van der Waals surface area contributed by atoms with Crippen molar-refractivity contribution in [3.05, 3.63) is 12.2 Å². The Morgan fingerprint density at radius 3 is 0.548 bits per heavy atom. The van der Waals surface area contributed by atoms with Gasteiger partial charge >= 0.3 is 137 Å². The van der Waals surface area contributed by atoms with Crippen LogP contribution in [0.4, 0.5) is 198 Å². The van der Waals surface area contributed by atoms with Crippen LogP contribution in [0.2, 0.25) is 0 Å². The summed E-state index contributed by atoms with van der Waals surface area (Å²) in [5.41, 5.74) is -12.4. The monoisotopic (exact) mass is 1200 g/mol. The van der Waals surface area contributed by atoms with Crippen molar-refractivity contribution in [1.29, 1.82) is 0 Å². The van der Waals surface area contributed by atoms with Gasteiger partial charge in [0.1, 0.15) is 0 Å². The Labute approximate surface area is 364 Å². The van der Waals surface area contributed by atoms with Gasteiger partial charge in [0.05, 0.1) is 0 Å². The predicted molar refractivity (Wildman–Crippen MR) is 131 cm³/mol. The number of alkyl halides is 45. The molecular weight excluding hydrogens is 1200 g/mol. The van der Waals surface area contributed by atoms with Gasteiger partial charge in [-0.05, 0) is 6.92 Å². The normalized spacial score (nSPS) is 17.7. The van der Waals surface area contributed by atoms with Gasteiger partial charge in [0.25, 0.3) is 0 Å². The second kappa shape index (κ2) is 16.8. The van der Waals surface area contributed by atoms with Crippen LogP contribution in [0.1, 0.15) is 6.92 Å². The third kappa shape index (κ3) is 7.89. The van der Waals surface area contributed by atoms with Gasteiger partial charge in [-0.2, -0.15) is 193 Å². The zero-order chi connectivity index (χ0) is 60.9. The van der Waals surface area contributed by atoms with Crippen molar-refractivity contribution in [2.45, 2.75) is 138 Å². The van der Waals surface area contributed by atoms with E-state index >= 15 is 4.39 Å². The number of hydrogen-bond acceptors (Lipinski definition) is 2. The van der Waals surface area contributed by atoms with Gasteiger partial charge < -0.3 is 4.74 Å². The molecule has 0 aromatic carbocycles. The molecule has 0 rings (SSSR count). The maximum absolute atomic E-state index is 15.5. The van der Waals surface area contributed by atoms with Crippen molar-refractivity contribution < 1.29 is 207 Å². The van der Waals surface area contributed by atoms with E-state index in [0.29, 0.717) is 0 Å². The second-order valence-electron chi connectivity index (χ2n) is 13.7. The van der Waals surface area contributed by atoms with Crippen molar-refractivity contribution in [2.75, 3.05) is 0 Å². The van der Waals surface area contributed by atoms with Gasteiger partial charge in [-0.3, -0.25) is 0 Å². The highest BCUT2D eigenvalue weighted by Gasteiger charge is 3.04. The minimum absolute atomic E-state index is 0.677. The lowest BCUT2D eigenvalue weighted by Gasteiger charge is -2.49. The topological polar surface area (TPSA) is 26.3 Å². The summed E-state index contributed by atoms with van der Waals surface area (Å²) in [5.74, 6) is -191. The summed E-state index contributed by atoms with van der Waals surface area (Å²) in [5, 5.41) is 0. The number of carbonyl (C=O) groups is 1. The van der Waals surface area contributed by atoms with Gasteiger partial charge in [-0.25, -0.2) is 9.18 Å². The summed E-state index contributed by atoms with van der Waals surface area (Å²) in [4.78, 5) is 11.5. The molecule has 73 heavy (non-hydrogen) atoms. The fourth-order valence-corrected chi connectivity index (χ4v) is 4.42. The lowest BCUT2D eigenvalue weighted by molar-refractivity contribution is -0.504. The van der Waals surface area contributed by atoms with Crippen LogP contribution in [0, 0.1) is 0 Å². The van der Waals surface area contributed by atoms with Crippen LogP contribution in [0.5, 0.6) is 0 Å². The largest absolute Gasteiger partial charge is 0.460 e. The summed E-state index contributed by atoms with van der Waals surface area (Å²) in [6.45, 7) is 1.05. The molecule has 0 saturated carbocycles. The van der Waals surface area contributed by atoms with Crippen molar-refractivity contribution in [3.63, 3.8) is 0 Å². The first-order chi connectivity index (χ1) is 30.6. The molecule has 436 valence electrons. The van der Waals surface area contributed by atoms with Gasteiger partial charge in [-0.15, -0.1) is 0 Å². The van der Waals surface area contributed by atoms with E-state index in [-0.39, 0.29) is 0 Å². The van der Waals surface area contributed by atoms with Crippen molar-refractivity contribution >= 4 is 5.97 Å². The van der Waals surface area contributed by atoms with Crippen LogP contribution in [-0.2, 0) is 9.53 Å². The van der Waals surface area contributed by atoms with E-state index in [1.165, 1.54) is 4.74 Å². The quantitative estimate of drug-likeness (QED) is 0.0690. The molecule has 0 saturated heterocycles. The van der Waals surface area contributed by atoms with E-state index < -0.39 is 149 Å². The number of halogens is 45. The first kappa shape index (κ1) is 69.1. The maximum atomic E-state index is 15.5. The van der Waals surface area contributed by atoms with E-state index in [1.807, 2.05) is 0 Å². The fourth-order valence-electron chi connectivity index (χ4n) is 4.42. The molecule has 2 nitrogen and oxygen atoms in total. The fraction of sp³-hybridized carbons (Fsp3) is 0.885. The Hall–Kier alpha value is -3.94. The Morgan fingerprint density at radius 2 is 0.397 bits per heavy atom. The zero-order valence-corrected chi connectivity index (χ0v) is 31.5. The van der Waals surface area contributed by atoms with E-state index in [1.54, 1.807) is 6.58 Å². The summed E-state index contributed by atoms with van der Waals surface area (Å²) < 4.78 is 624. The van der Waals surface area contributed by atoms with E-state index in [2.05, 4.69) is 0 Å². The maximum Gasteiger partial charge on any atom is 0.460 e. The third-order valence-electron chi connectivity index (χ3n) is 8.87. The van der Waals surface area contributed by atoms with Crippen molar-refractivity contribution in [2.24, 2.45) is 0 Å². The molecule has 0 aromatic heterocycles. The molecule has 47 heteroatoms. The smallest absolute Gasteiger partial charge is 0.413 e. The van der Waals surface area contributed by atoms with E-state index in [4.69, 9.17) is 0 Å². The molecule has 0 aliphatic carbocycles. The summed E-state index contributed by atoms with van der Waals surface area (Å²) in [6, 6.07) is 0. The number of carbonyl (C=O) groups excluding carboxylic acids is 1. The molecule has 1 unspecified atom stereocenters. The standard InChI is InChI=1S/C26H5F45O2/c1-3(2)4(72)73-23(62,21(58,59)18(52,53)15(46,47)12(40,41)10(36,37)13(42,43)16(48,49)19(54,55)22(60,61)26(69,70)71)20(56,57)17(50,51)14(44,45)11(38,39)9(34,35)8(32,33)7(30,31)6(28,29)5(27,24(63,64)65)25(66,67)68/h1H2,2H3. The molecule has 0 fully saturated rings. The average molecular weight is 1200 g/mol. The van der Waals surface area contributed by atoms with Crippen LogP contribution >= 0.6 is 0 Å². The Bertz CT molecular complexity index is 2040. The molecule has 0 aliphatic heterocycles. The molecule has 0 radical (unpaired) electrons. The van der Waals surface area contributed by atoms with Crippen LogP contribution in [0.3, 0.4) is 0 Å². The van der Waals surface area contributed by atoms with Gasteiger partial charge in [0.15, 0.2) is 0 Å². The van der Waals surface area contributed by atoms with E-state index in [0.717, 1.165) is 0 Å². The summed E-state index contributed by atoms with van der Waals surface area (Å²) in [6.07, 6.45) is -26.8. The SMILES string of the molecule is C=C(C)C(=O)OC(F)(C(F)(F)C(F)(F)C(F)(F)C(F)(F)C(F)(F)C(F)(F)C(F)(F)C(F)(F)C(F)(F)C(F)(F)F)C(F)(F)C(F)(F)C(F)(F)C(F)(F)C(F)(F)C(F)(F)C(F)(F)C(F)(F)C(F)(C(F)(F)F)C(F)(F)F. The molecule has 0 spiro atoms. The Balaban J connectivity index is 8.76. The molecule has 0 heterocycles. The Kier molecular flexibility index (Phi) is 15.9. The zero-order valence-electron chi connectivity index (χ0n) is 31.5. The van der Waals surface area contributed by atoms with Crippen LogP contribution < -0.4 is 0 Å². The number of esters is 1. The highest BCUT2D eigenvalue weighted by molar-refractivity contribution is 5.87. The van der Waals surface area contributed by atoms with Crippen LogP contribution in [-0.4, -0.2) is 137 Å².